The van der Waals surface area contributed by atoms with Gasteiger partial charge in [-0.1, -0.05) is 86.0 Å². The highest BCUT2D eigenvalue weighted by Crippen LogP contribution is 2.42. The first-order chi connectivity index (χ1) is 17.7. The zero-order valence-corrected chi connectivity index (χ0v) is 20.2. The Labute approximate surface area is 211 Å². The Balaban J connectivity index is 1.92. The topological polar surface area (TPSA) is 48.3 Å². The molecule has 4 nitrogen and oxygen atoms in total. The lowest BCUT2D eigenvalue weighted by Crippen LogP contribution is -2.28. The molecule has 0 bridgehead atoms. The van der Waals surface area contributed by atoms with Crippen LogP contribution in [0.4, 0.5) is 13.2 Å². The lowest BCUT2D eigenvalue weighted by molar-refractivity contribution is -0.0500. The lowest BCUT2D eigenvalue weighted by Gasteiger charge is -2.15. The van der Waals surface area contributed by atoms with Crippen molar-refractivity contribution in [3.05, 3.63) is 109 Å². The second-order valence-electron chi connectivity index (χ2n) is 8.26. The minimum absolute atomic E-state index is 0.0922. The Bertz CT molecular complexity index is 1770. The second-order valence-corrected chi connectivity index (χ2v) is 9.79. The van der Waals surface area contributed by atoms with Crippen LogP contribution in [-0.4, -0.2) is 18.5 Å². The summed E-state index contributed by atoms with van der Waals surface area (Å²) in [5.41, 5.74) is -1.19. The zero-order valence-electron chi connectivity index (χ0n) is 19.4. The molecule has 4 aromatic carbocycles. The predicted octanol–water partition coefficient (Wildman–Crippen LogP) is 7.97. The number of alkyl halides is 3. The average molecular weight is 520 g/mol. The first-order valence-corrected chi connectivity index (χ1v) is 12.6. The lowest BCUT2D eigenvalue weighted by atomic mass is 9.98. The number of para-hydroxylation sites is 1. The standard InChI is InChI=1S/C29H20F3NO3S/c1-3-22-23(4-2)28-24-16-15-20(19-11-7-5-8-12-19)17-25(24)33(21-13-9-6-10-14-21)26(28)18-27(22)36-37(34,35)29(30,31)32/h3-18H,1-2H2. The number of aromatic nitrogens is 1. The van der Waals surface area contributed by atoms with E-state index in [0.717, 1.165) is 27.7 Å². The maximum Gasteiger partial charge on any atom is 0.534 e. The Kier molecular flexibility index (Phi) is 5.92. The molecule has 0 saturated carbocycles. The van der Waals surface area contributed by atoms with Crippen molar-refractivity contribution in [2.75, 3.05) is 0 Å². The zero-order chi connectivity index (χ0) is 26.4. The summed E-state index contributed by atoms with van der Waals surface area (Å²) in [7, 11) is -5.92. The van der Waals surface area contributed by atoms with Crippen LogP contribution in [0.3, 0.4) is 0 Å². The smallest absolute Gasteiger partial charge is 0.375 e. The summed E-state index contributed by atoms with van der Waals surface area (Å²) in [5, 5.41) is 1.49. The number of halogens is 3. The van der Waals surface area contributed by atoms with Crippen LogP contribution in [0.25, 0.3) is 50.8 Å². The number of fused-ring (bicyclic) bond motifs is 3. The van der Waals surface area contributed by atoms with E-state index in [1.807, 2.05) is 83.4 Å². The Morgan fingerprint density at radius 1 is 0.757 bits per heavy atom. The van der Waals surface area contributed by atoms with Gasteiger partial charge in [0.1, 0.15) is 0 Å². The molecule has 0 aliphatic heterocycles. The van der Waals surface area contributed by atoms with Gasteiger partial charge in [-0.3, -0.25) is 0 Å². The molecule has 0 radical (unpaired) electrons. The molecule has 0 unspecified atom stereocenters. The first-order valence-electron chi connectivity index (χ1n) is 11.2. The molecule has 186 valence electrons. The van der Waals surface area contributed by atoms with E-state index in [2.05, 4.69) is 17.3 Å². The van der Waals surface area contributed by atoms with Crippen molar-refractivity contribution < 1.29 is 25.8 Å². The van der Waals surface area contributed by atoms with Crippen molar-refractivity contribution in [1.82, 2.24) is 4.57 Å². The van der Waals surface area contributed by atoms with Crippen LogP contribution in [0.5, 0.6) is 5.75 Å². The van der Waals surface area contributed by atoms with E-state index in [4.69, 9.17) is 0 Å². The quantitative estimate of drug-likeness (QED) is 0.169. The number of hydrogen-bond donors (Lipinski definition) is 0. The molecular formula is C29H20F3NO3S. The van der Waals surface area contributed by atoms with Crippen molar-refractivity contribution in [3.63, 3.8) is 0 Å². The van der Waals surface area contributed by atoms with E-state index in [1.54, 1.807) is 0 Å². The van der Waals surface area contributed by atoms with Gasteiger partial charge in [-0.25, -0.2) is 0 Å². The Morgan fingerprint density at radius 3 is 1.97 bits per heavy atom. The molecule has 0 amide bonds. The molecule has 0 N–H and O–H groups in total. The highest BCUT2D eigenvalue weighted by Gasteiger charge is 2.49. The van der Waals surface area contributed by atoms with Crippen LogP contribution in [0.15, 0.2) is 98.1 Å². The van der Waals surface area contributed by atoms with Gasteiger partial charge < -0.3 is 8.75 Å². The number of nitrogens with zero attached hydrogens (tertiary/aromatic N) is 1. The fourth-order valence-corrected chi connectivity index (χ4v) is 4.99. The molecule has 0 saturated heterocycles. The number of benzene rings is 4. The van der Waals surface area contributed by atoms with Crippen LogP contribution >= 0.6 is 0 Å². The van der Waals surface area contributed by atoms with Gasteiger partial charge in [0.25, 0.3) is 0 Å². The van der Waals surface area contributed by atoms with E-state index in [-0.39, 0.29) is 5.56 Å². The molecular weight excluding hydrogens is 499 g/mol. The summed E-state index contributed by atoms with van der Waals surface area (Å²) in [5.74, 6) is -0.488. The summed E-state index contributed by atoms with van der Waals surface area (Å²) >= 11 is 0. The number of rotatable bonds is 6. The summed E-state index contributed by atoms with van der Waals surface area (Å²) in [4.78, 5) is 0. The van der Waals surface area contributed by atoms with Gasteiger partial charge in [-0.05, 0) is 34.9 Å². The highest BCUT2D eigenvalue weighted by atomic mass is 32.2. The molecule has 8 heteroatoms. The average Bonchev–Trinajstić information content (AvgIpc) is 3.21. The molecule has 5 rings (SSSR count). The summed E-state index contributed by atoms with van der Waals surface area (Å²) in [6, 6.07) is 26.2. The van der Waals surface area contributed by atoms with Crippen molar-refractivity contribution in [2.45, 2.75) is 5.51 Å². The van der Waals surface area contributed by atoms with Crippen LogP contribution in [0, 0.1) is 0 Å². The molecule has 0 spiro atoms. The predicted molar refractivity (Wildman–Crippen MR) is 142 cm³/mol. The van der Waals surface area contributed by atoms with Crippen LogP contribution in [0.1, 0.15) is 11.1 Å². The van der Waals surface area contributed by atoms with E-state index in [1.165, 1.54) is 18.2 Å². The van der Waals surface area contributed by atoms with Crippen molar-refractivity contribution in [2.24, 2.45) is 0 Å². The molecule has 1 aromatic heterocycles. The van der Waals surface area contributed by atoms with Crippen molar-refractivity contribution >= 4 is 44.1 Å². The van der Waals surface area contributed by atoms with Crippen LogP contribution < -0.4 is 4.18 Å². The molecule has 1 heterocycles. The maximum atomic E-state index is 13.2. The summed E-state index contributed by atoms with van der Waals surface area (Å²) in [6.07, 6.45) is 2.73. The van der Waals surface area contributed by atoms with Gasteiger partial charge >= 0.3 is 15.6 Å². The normalized spacial score (nSPS) is 12.1. The SMILES string of the molecule is C=Cc1c(OS(=O)(=O)C(F)(F)F)cc2c(c1C=C)c1ccc(-c3ccccc3)cc1n2-c1ccccc1. The van der Waals surface area contributed by atoms with Gasteiger partial charge in [-0.2, -0.15) is 21.6 Å². The van der Waals surface area contributed by atoms with E-state index >= 15 is 0 Å². The van der Waals surface area contributed by atoms with Gasteiger partial charge in [-0.15, -0.1) is 0 Å². The Hall–Kier alpha value is -4.30. The molecule has 0 aliphatic carbocycles. The molecule has 0 aliphatic rings. The molecule has 5 aromatic rings. The largest absolute Gasteiger partial charge is 0.534 e. The van der Waals surface area contributed by atoms with Gasteiger partial charge in [0.15, 0.2) is 5.75 Å². The van der Waals surface area contributed by atoms with E-state index in [9.17, 15) is 21.6 Å². The second kappa shape index (κ2) is 8.97. The fraction of sp³-hybridized carbons (Fsp3) is 0.0345. The van der Waals surface area contributed by atoms with Crippen molar-refractivity contribution in [1.29, 1.82) is 0 Å². The van der Waals surface area contributed by atoms with Gasteiger partial charge in [0.05, 0.1) is 11.0 Å². The minimum Gasteiger partial charge on any atom is -0.375 e. The molecule has 37 heavy (non-hydrogen) atoms. The third-order valence-corrected chi connectivity index (χ3v) is 7.08. The fourth-order valence-electron chi connectivity index (χ4n) is 4.52. The highest BCUT2D eigenvalue weighted by molar-refractivity contribution is 7.88. The number of hydrogen-bond acceptors (Lipinski definition) is 3. The van der Waals surface area contributed by atoms with Gasteiger partial charge in [0, 0.05) is 28.1 Å². The van der Waals surface area contributed by atoms with Crippen LogP contribution in [0.2, 0.25) is 0 Å². The van der Waals surface area contributed by atoms with E-state index < -0.39 is 21.4 Å². The third kappa shape index (κ3) is 4.09. The first kappa shape index (κ1) is 24.4. The summed E-state index contributed by atoms with van der Waals surface area (Å²) < 4.78 is 70.0. The maximum absolute atomic E-state index is 13.2. The van der Waals surface area contributed by atoms with E-state index in [0.29, 0.717) is 16.5 Å². The van der Waals surface area contributed by atoms with Crippen LogP contribution in [-0.2, 0) is 10.1 Å². The summed E-state index contributed by atoms with van der Waals surface area (Å²) in [6.45, 7) is 7.53. The Morgan fingerprint density at radius 2 is 1.38 bits per heavy atom. The van der Waals surface area contributed by atoms with Gasteiger partial charge in [0.2, 0.25) is 0 Å². The van der Waals surface area contributed by atoms with Crippen molar-refractivity contribution in [3.8, 4) is 22.6 Å². The monoisotopic (exact) mass is 519 g/mol. The molecule has 0 atom stereocenters. The minimum atomic E-state index is -5.92. The molecule has 0 fully saturated rings. The third-order valence-electron chi connectivity index (χ3n) is 6.11.